The number of methoxy groups -OCH3 is 1. The van der Waals surface area contributed by atoms with Gasteiger partial charge in [0.15, 0.2) is 23.3 Å². The zero-order valence-electron chi connectivity index (χ0n) is 20.7. The van der Waals surface area contributed by atoms with Crippen LogP contribution in [-0.4, -0.2) is 42.5 Å². The molecule has 0 radical (unpaired) electrons. The highest BCUT2D eigenvalue weighted by molar-refractivity contribution is 6.33. The van der Waals surface area contributed by atoms with Gasteiger partial charge in [-0.15, -0.1) is 0 Å². The second kappa shape index (κ2) is 9.84. The Bertz CT molecular complexity index is 1780. The fraction of sp³-hybridized carbons (Fsp3) is 0.0690. The van der Waals surface area contributed by atoms with Gasteiger partial charge in [0.1, 0.15) is 6.54 Å². The Morgan fingerprint density at radius 2 is 1.32 bits per heavy atom. The van der Waals surface area contributed by atoms with Crippen molar-refractivity contribution >= 4 is 34.4 Å². The monoisotopic (exact) mass is 543 g/mol. The van der Waals surface area contributed by atoms with Crippen LogP contribution in [0.1, 0.15) is 5.56 Å². The molecule has 5 aliphatic heterocycles. The number of nitrogens with zero attached hydrogens (tertiary/aromatic N) is 4. The highest BCUT2D eigenvalue weighted by Gasteiger charge is 2.31. The predicted octanol–water partition coefficient (Wildman–Crippen LogP) is 4.75. The van der Waals surface area contributed by atoms with Crippen LogP contribution in [0.2, 0.25) is 0 Å². The van der Waals surface area contributed by atoms with Gasteiger partial charge in [-0.25, -0.2) is 37.5 Å². The lowest BCUT2D eigenvalue weighted by Gasteiger charge is -2.13. The normalized spacial score (nSPS) is 18.6. The molecule has 0 fully saturated rings. The van der Waals surface area contributed by atoms with Crippen molar-refractivity contribution in [1.82, 2.24) is 5.32 Å². The number of aliphatic imine (C=N–C) groups is 4. The van der Waals surface area contributed by atoms with Gasteiger partial charge < -0.3 is 10.1 Å². The first-order valence-corrected chi connectivity index (χ1v) is 11.9. The Morgan fingerprint density at radius 1 is 0.750 bits per heavy atom. The van der Waals surface area contributed by atoms with E-state index in [9.17, 15) is 18.0 Å². The summed E-state index contributed by atoms with van der Waals surface area (Å²) in [6.07, 6.45) is 17.1. The molecule has 1 aromatic rings. The highest BCUT2D eigenvalue weighted by atomic mass is 19.2. The van der Waals surface area contributed by atoms with E-state index in [1.165, 1.54) is 13.2 Å². The van der Waals surface area contributed by atoms with E-state index in [0.29, 0.717) is 40.3 Å². The number of rotatable bonds is 4. The largest absolute Gasteiger partial charge is 0.468 e. The molecule has 1 aromatic carbocycles. The second-order valence-electron chi connectivity index (χ2n) is 8.87. The van der Waals surface area contributed by atoms with Crippen LogP contribution < -0.4 is 5.32 Å². The average molecular weight is 543 g/mol. The summed E-state index contributed by atoms with van der Waals surface area (Å²) >= 11 is 0. The van der Waals surface area contributed by atoms with Crippen LogP contribution in [-0.2, 0) is 9.53 Å². The molecule has 0 aliphatic carbocycles. The van der Waals surface area contributed by atoms with E-state index in [1.54, 1.807) is 42.5 Å². The van der Waals surface area contributed by atoms with Crippen molar-refractivity contribution in [1.29, 1.82) is 0 Å². The maximum atomic E-state index is 15.2. The summed E-state index contributed by atoms with van der Waals surface area (Å²) < 4.78 is 62.5. The van der Waals surface area contributed by atoms with Crippen LogP contribution in [0, 0.1) is 23.3 Å². The van der Waals surface area contributed by atoms with E-state index in [0.717, 1.165) is 0 Å². The average Bonchev–Trinajstić information content (AvgIpc) is 3.73. The Labute approximate surface area is 224 Å². The number of halogens is 4. The fourth-order valence-corrected chi connectivity index (χ4v) is 4.39. The first-order valence-electron chi connectivity index (χ1n) is 11.9. The van der Waals surface area contributed by atoms with Gasteiger partial charge >= 0.3 is 5.97 Å². The molecule has 0 atom stereocenters. The minimum Gasteiger partial charge on any atom is -0.468 e. The summed E-state index contributed by atoms with van der Waals surface area (Å²) in [5.74, 6) is -7.80. The number of fused-ring (bicyclic) bond motifs is 4. The predicted molar refractivity (Wildman–Crippen MR) is 143 cm³/mol. The SMILES string of the molecule is COC(=O)CNC1=C(c2cc(F)c(F)c(F)c2F)C2=NC1=CC1=NC(=CC3=NC(=CC4=NC(=C2)C=C4)C=C3)C=C1. The molecule has 0 saturated carbocycles. The molecule has 198 valence electrons. The van der Waals surface area contributed by atoms with E-state index in [4.69, 9.17) is 4.74 Å². The number of hydrogen-bond acceptors (Lipinski definition) is 7. The molecule has 11 heteroatoms. The number of nitrogens with one attached hydrogen (secondary N) is 1. The molecule has 0 spiro atoms. The van der Waals surface area contributed by atoms with Crippen molar-refractivity contribution in [2.24, 2.45) is 20.0 Å². The van der Waals surface area contributed by atoms with Crippen molar-refractivity contribution in [2.75, 3.05) is 13.7 Å². The van der Waals surface area contributed by atoms with Gasteiger partial charge in [-0.3, -0.25) is 4.79 Å². The lowest BCUT2D eigenvalue weighted by atomic mass is 9.97. The van der Waals surface area contributed by atoms with E-state index in [2.05, 4.69) is 25.3 Å². The van der Waals surface area contributed by atoms with Crippen molar-refractivity contribution < 1.29 is 27.1 Å². The number of carbonyl (C=O) groups excluding carboxylic acids is 1. The standard InChI is InChI=1S/C29H17F4N5O2/c1-40-24(39)13-34-29-23-11-19-7-5-17(37-19)9-15-3-2-14(35-15)8-16-4-6-18(36-16)10-22(38-23)25(29)20-12-21(30)27(32)28(33)26(20)31/h2-12,34H,13H2,1H3. The van der Waals surface area contributed by atoms with E-state index < -0.39 is 34.8 Å². The van der Waals surface area contributed by atoms with Gasteiger partial charge in [0.25, 0.3) is 0 Å². The molecule has 0 aromatic heterocycles. The summed E-state index contributed by atoms with van der Waals surface area (Å²) in [4.78, 5) is 30.2. The van der Waals surface area contributed by atoms with Gasteiger partial charge in [-0.2, -0.15) is 0 Å². The molecule has 0 unspecified atom stereocenters. The first-order chi connectivity index (χ1) is 19.3. The van der Waals surface area contributed by atoms with Gasteiger partial charge in [0, 0.05) is 11.1 Å². The molecule has 6 rings (SSSR count). The Hall–Kier alpha value is -5.19. The second-order valence-corrected chi connectivity index (χ2v) is 8.87. The molecule has 40 heavy (non-hydrogen) atoms. The smallest absolute Gasteiger partial charge is 0.325 e. The van der Waals surface area contributed by atoms with Crippen LogP contribution in [0.4, 0.5) is 17.6 Å². The molecular weight excluding hydrogens is 526 g/mol. The molecule has 5 heterocycles. The highest BCUT2D eigenvalue weighted by Crippen LogP contribution is 2.36. The third kappa shape index (κ3) is 4.62. The maximum Gasteiger partial charge on any atom is 0.325 e. The Kier molecular flexibility index (Phi) is 6.18. The minimum absolute atomic E-state index is 0.0547. The molecule has 7 nitrogen and oxygen atoms in total. The Morgan fingerprint density at radius 3 is 1.93 bits per heavy atom. The van der Waals surface area contributed by atoms with Crippen LogP contribution >= 0.6 is 0 Å². The van der Waals surface area contributed by atoms with Gasteiger partial charge in [-0.1, -0.05) is 0 Å². The summed E-state index contributed by atoms with van der Waals surface area (Å²) in [6, 6.07) is 0.543. The quantitative estimate of drug-likeness (QED) is 0.257. The van der Waals surface area contributed by atoms with Gasteiger partial charge in [0.05, 0.1) is 58.4 Å². The van der Waals surface area contributed by atoms with Crippen molar-refractivity contribution in [3.63, 3.8) is 0 Å². The molecule has 5 aliphatic rings. The number of hydrogen-bond donors (Lipinski definition) is 1. The Balaban J connectivity index is 1.59. The van der Waals surface area contributed by atoms with Crippen LogP contribution in [0.5, 0.6) is 0 Å². The lowest BCUT2D eigenvalue weighted by molar-refractivity contribution is -0.139. The summed E-state index contributed by atoms with van der Waals surface area (Å²) in [6.45, 7) is -0.380. The number of ether oxygens (including phenoxy) is 1. The molecule has 0 saturated heterocycles. The minimum atomic E-state index is -1.98. The summed E-state index contributed by atoms with van der Waals surface area (Å²) in [5, 5.41) is 2.83. The number of benzene rings is 1. The summed E-state index contributed by atoms with van der Waals surface area (Å²) in [7, 11) is 1.18. The van der Waals surface area contributed by atoms with Crippen LogP contribution in [0.15, 0.2) is 115 Å². The third-order valence-electron chi connectivity index (χ3n) is 6.22. The van der Waals surface area contributed by atoms with E-state index >= 15 is 4.39 Å². The number of allylic oxidation sites excluding steroid dienone is 11. The number of esters is 1. The molecule has 1 N–H and O–H groups in total. The lowest BCUT2D eigenvalue weighted by Crippen LogP contribution is -2.25. The van der Waals surface area contributed by atoms with E-state index in [1.807, 2.05) is 12.2 Å². The van der Waals surface area contributed by atoms with Crippen molar-refractivity contribution in [3.8, 4) is 0 Å². The number of carbonyl (C=O) groups is 1. The molecule has 8 bridgehead atoms. The molecule has 0 amide bonds. The van der Waals surface area contributed by atoms with Crippen molar-refractivity contribution in [3.05, 3.63) is 124 Å². The maximum absolute atomic E-state index is 15.2. The molecular formula is C29H17F4N5O2. The zero-order valence-corrected chi connectivity index (χ0v) is 20.7. The van der Waals surface area contributed by atoms with Gasteiger partial charge in [0.2, 0.25) is 0 Å². The topological polar surface area (TPSA) is 87.8 Å². The van der Waals surface area contributed by atoms with Gasteiger partial charge in [-0.05, 0) is 66.8 Å². The summed E-state index contributed by atoms with van der Waals surface area (Å²) in [5.41, 5.74) is 2.98. The fourth-order valence-electron chi connectivity index (χ4n) is 4.39. The third-order valence-corrected chi connectivity index (χ3v) is 6.22. The van der Waals surface area contributed by atoms with E-state index in [-0.39, 0.29) is 29.2 Å². The van der Waals surface area contributed by atoms with Crippen LogP contribution in [0.25, 0.3) is 5.57 Å². The first kappa shape index (κ1) is 25.1. The van der Waals surface area contributed by atoms with Crippen molar-refractivity contribution in [2.45, 2.75) is 0 Å². The zero-order chi connectivity index (χ0) is 28.0. The van der Waals surface area contributed by atoms with Crippen LogP contribution in [0.3, 0.4) is 0 Å².